The van der Waals surface area contributed by atoms with E-state index in [2.05, 4.69) is 30.7 Å². The van der Waals surface area contributed by atoms with Crippen LogP contribution < -0.4 is 10.0 Å². The summed E-state index contributed by atoms with van der Waals surface area (Å²) in [7, 11) is -1.11. The number of hydrogen-bond acceptors (Lipinski definition) is 6. The highest BCUT2D eigenvalue weighted by molar-refractivity contribution is 9.10. The Hall–Kier alpha value is -1.49. The Labute approximate surface area is 142 Å². The molecule has 0 aromatic heterocycles. The minimum absolute atomic E-state index is 0.0694. The number of amides is 1. The van der Waals surface area contributed by atoms with Crippen LogP contribution in [-0.4, -0.2) is 54.2 Å². The average molecular weight is 409 g/mol. The smallest absolute Gasteiger partial charge is 0.325 e. The number of benzene rings is 1. The fourth-order valence-corrected chi connectivity index (χ4v) is 2.99. The molecular formula is C13H17BrN2O6S. The second-order valence-electron chi connectivity index (χ2n) is 4.29. The summed E-state index contributed by atoms with van der Waals surface area (Å²) in [5, 5.41) is 2.34. The van der Waals surface area contributed by atoms with E-state index in [0.29, 0.717) is 4.47 Å². The summed E-state index contributed by atoms with van der Waals surface area (Å²) in [6, 6.07) is 4.01. The molecule has 2 N–H and O–H groups in total. The van der Waals surface area contributed by atoms with Crippen molar-refractivity contribution >= 4 is 37.8 Å². The molecule has 10 heteroatoms. The SMILES string of the molecule is COCCNS(=O)(=O)c1ccc(Br)c(C(=O)NCC(=O)OC)c1. The van der Waals surface area contributed by atoms with Crippen molar-refractivity contribution in [1.29, 1.82) is 0 Å². The van der Waals surface area contributed by atoms with Gasteiger partial charge < -0.3 is 14.8 Å². The molecule has 0 atom stereocenters. The van der Waals surface area contributed by atoms with Gasteiger partial charge in [-0.3, -0.25) is 9.59 Å². The number of halogens is 1. The predicted octanol–water partition coefficient (Wildman–Crippen LogP) is 0.277. The Morgan fingerprint density at radius 1 is 1.26 bits per heavy atom. The standard InChI is InChI=1S/C13H17BrN2O6S/c1-21-6-5-16-23(19,20)9-3-4-11(14)10(7-9)13(18)15-8-12(17)22-2/h3-4,7,16H,5-6,8H2,1-2H3,(H,15,18). The van der Waals surface area contributed by atoms with Crippen LogP contribution in [0.3, 0.4) is 0 Å². The van der Waals surface area contributed by atoms with E-state index in [1.807, 2.05) is 0 Å². The largest absolute Gasteiger partial charge is 0.468 e. The number of methoxy groups -OCH3 is 2. The maximum Gasteiger partial charge on any atom is 0.325 e. The van der Waals surface area contributed by atoms with Crippen LogP contribution in [0.15, 0.2) is 27.6 Å². The van der Waals surface area contributed by atoms with Gasteiger partial charge in [-0.15, -0.1) is 0 Å². The van der Waals surface area contributed by atoms with Crippen LogP contribution in [0.1, 0.15) is 10.4 Å². The Morgan fingerprint density at radius 2 is 1.96 bits per heavy atom. The fourth-order valence-electron chi connectivity index (χ4n) is 1.53. The predicted molar refractivity (Wildman–Crippen MR) is 85.6 cm³/mol. The number of ether oxygens (including phenoxy) is 2. The molecule has 1 aromatic carbocycles. The third-order valence-corrected chi connectivity index (χ3v) is 4.86. The number of nitrogens with one attached hydrogen (secondary N) is 2. The number of rotatable bonds is 8. The number of esters is 1. The molecule has 1 rings (SSSR count). The maximum atomic E-state index is 12.1. The molecule has 1 amide bonds. The molecule has 0 aliphatic heterocycles. The Kier molecular flexibility index (Phi) is 7.62. The molecule has 0 saturated carbocycles. The minimum Gasteiger partial charge on any atom is -0.468 e. The summed E-state index contributed by atoms with van der Waals surface area (Å²) in [4.78, 5) is 23.0. The number of sulfonamides is 1. The zero-order valence-electron chi connectivity index (χ0n) is 12.6. The van der Waals surface area contributed by atoms with Crippen molar-refractivity contribution in [1.82, 2.24) is 10.0 Å². The van der Waals surface area contributed by atoms with Gasteiger partial charge in [0.2, 0.25) is 10.0 Å². The van der Waals surface area contributed by atoms with Gasteiger partial charge in [0.05, 0.1) is 24.2 Å². The fraction of sp³-hybridized carbons (Fsp3) is 0.385. The Bertz CT molecular complexity index is 677. The lowest BCUT2D eigenvalue weighted by atomic mass is 10.2. The molecule has 0 spiro atoms. The summed E-state index contributed by atoms with van der Waals surface area (Å²) in [6.45, 7) is 0.0197. The first kappa shape index (κ1) is 19.6. The van der Waals surface area contributed by atoms with Crippen LogP contribution in [0, 0.1) is 0 Å². The van der Waals surface area contributed by atoms with Crippen LogP contribution >= 0.6 is 15.9 Å². The maximum absolute atomic E-state index is 12.1. The number of carbonyl (C=O) groups is 2. The van der Waals surface area contributed by atoms with E-state index in [9.17, 15) is 18.0 Å². The Balaban J connectivity index is 2.94. The first-order valence-electron chi connectivity index (χ1n) is 6.45. The van der Waals surface area contributed by atoms with Crippen molar-refractivity contribution in [2.45, 2.75) is 4.90 Å². The van der Waals surface area contributed by atoms with Gasteiger partial charge in [0.1, 0.15) is 6.54 Å². The van der Waals surface area contributed by atoms with Gasteiger partial charge in [-0.05, 0) is 34.1 Å². The van der Waals surface area contributed by atoms with Gasteiger partial charge >= 0.3 is 5.97 Å². The van der Waals surface area contributed by atoms with E-state index < -0.39 is 21.9 Å². The van der Waals surface area contributed by atoms with Gasteiger partial charge in [0.25, 0.3) is 5.91 Å². The molecule has 0 fully saturated rings. The van der Waals surface area contributed by atoms with Crippen molar-refractivity contribution in [3.05, 3.63) is 28.2 Å². The average Bonchev–Trinajstić information content (AvgIpc) is 2.52. The zero-order chi connectivity index (χ0) is 17.5. The third kappa shape index (κ3) is 5.90. The van der Waals surface area contributed by atoms with Crippen molar-refractivity contribution in [3.63, 3.8) is 0 Å². The van der Waals surface area contributed by atoms with Crippen LogP contribution in [0.5, 0.6) is 0 Å². The van der Waals surface area contributed by atoms with E-state index in [-0.39, 0.29) is 30.2 Å². The molecular weight excluding hydrogens is 392 g/mol. The van der Waals surface area contributed by atoms with Gasteiger partial charge in [0, 0.05) is 18.1 Å². The number of carbonyl (C=O) groups excluding carboxylic acids is 2. The molecule has 128 valence electrons. The van der Waals surface area contributed by atoms with E-state index in [4.69, 9.17) is 4.74 Å². The van der Waals surface area contributed by atoms with E-state index >= 15 is 0 Å². The summed E-state index contributed by atoms with van der Waals surface area (Å²) in [6.07, 6.45) is 0. The lowest BCUT2D eigenvalue weighted by Crippen LogP contribution is -2.31. The van der Waals surface area contributed by atoms with Crippen molar-refractivity contribution in [2.75, 3.05) is 33.9 Å². The number of hydrogen-bond donors (Lipinski definition) is 2. The summed E-state index contributed by atoms with van der Waals surface area (Å²) in [5.41, 5.74) is 0.0866. The highest BCUT2D eigenvalue weighted by Crippen LogP contribution is 2.21. The van der Waals surface area contributed by atoms with Crippen LogP contribution in [0.2, 0.25) is 0 Å². The summed E-state index contributed by atoms with van der Waals surface area (Å²) < 4.78 is 36.2. The van der Waals surface area contributed by atoms with Gasteiger partial charge in [-0.1, -0.05) is 0 Å². The molecule has 1 aromatic rings. The topological polar surface area (TPSA) is 111 Å². The molecule has 23 heavy (non-hydrogen) atoms. The van der Waals surface area contributed by atoms with Crippen LogP contribution in [0.4, 0.5) is 0 Å². The lowest BCUT2D eigenvalue weighted by molar-refractivity contribution is -0.139. The van der Waals surface area contributed by atoms with Crippen LogP contribution in [0.25, 0.3) is 0 Å². The third-order valence-electron chi connectivity index (χ3n) is 2.71. The van der Waals surface area contributed by atoms with E-state index in [1.54, 1.807) is 0 Å². The normalized spacial score (nSPS) is 11.1. The summed E-state index contributed by atoms with van der Waals surface area (Å²) >= 11 is 3.17. The molecule has 0 aliphatic rings. The molecule has 0 saturated heterocycles. The lowest BCUT2D eigenvalue weighted by Gasteiger charge is -2.10. The second-order valence-corrected chi connectivity index (χ2v) is 6.91. The zero-order valence-corrected chi connectivity index (χ0v) is 15.0. The van der Waals surface area contributed by atoms with E-state index in [0.717, 1.165) is 0 Å². The van der Waals surface area contributed by atoms with Gasteiger partial charge in [0.15, 0.2) is 0 Å². The Morgan fingerprint density at radius 3 is 2.57 bits per heavy atom. The highest BCUT2D eigenvalue weighted by Gasteiger charge is 2.18. The van der Waals surface area contributed by atoms with Gasteiger partial charge in [-0.2, -0.15) is 0 Å². The van der Waals surface area contributed by atoms with Crippen LogP contribution in [-0.2, 0) is 24.3 Å². The minimum atomic E-state index is -3.76. The van der Waals surface area contributed by atoms with Crippen molar-refractivity contribution < 1.29 is 27.5 Å². The summed E-state index contributed by atoms with van der Waals surface area (Å²) in [5.74, 6) is -1.21. The first-order chi connectivity index (χ1) is 10.8. The molecule has 0 bridgehead atoms. The van der Waals surface area contributed by atoms with Gasteiger partial charge in [-0.25, -0.2) is 13.1 Å². The monoisotopic (exact) mass is 408 g/mol. The second kappa shape index (κ2) is 8.96. The van der Waals surface area contributed by atoms with Crippen molar-refractivity contribution in [3.8, 4) is 0 Å². The quantitative estimate of drug-likeness (QED) is 0.471. The molecule has 0 radical (unpaired) electrons. The highest BCUT2D eigenvalue weighted by atomic mass is 79.9. The molecule has 0 unspecified atom stereocenters. The van der Waals surface area contributed by atoms with Crippen molar-refractivity contribution in [2.24, 2.45) is 0 Å². The molecule has 0 aliphatic carbocycles. The first-order valence-corrected chi connectivity index (χ1v) is 8.72. The molecule has 0 heterocycles. The van der Waals surface area contributed by atoms with E-state index in [1.165, 1.54) is 32.4 Å². The molecule has 8 nitrogen and oxygen atoms in total.